The number of carbonyl (C=O) groups is 1. The maximum atomic E-state index is 10.4. The van der Waals surface area contributed by atoms with Gasteiger partial charge < -0.3 is 5.11 Å². The van der Waals surface area contributed by atoms with E-state index in [0.717, 1.165) is 25.7 Å². The summed E-state index contributed by atoms with van der Waals surface area (Å²) in [6.45, 7) is 2.19. The maximum absolute atomic E-state index is 10.4. The van der Waals surface area contributed by atoms with Gasteiger partial charge in [-0.15, -0.1) is 0 Å². The lowest BCUT2D eigenvalue weighted by Crippen LogP contribution is -1.93. The van der Waals surface area contributed by atoms with Crippen LogP contribution in [0, 0.1) is 0 Å². The molecule has 0 fully saturated rings. The summed E-state index contributed by atoms with van der Waals surface area (Å²) in [4.78, 5) is 10.4. The van der Waals surface area contributed by atoms with E-state index in [4.69, 9.17) is 5.11 Å². The van der Waals surface area contributed by atoms with Crippen molar-refractivity contribution in [2.24, 2.45) is 0 Å². The van der Waals surface area contributed by atoms with Crippen molar-refractivity contribution in [1.82, 2.24) is 0 Å². The van der Waals surface area contributed by atoms with Gasteiger partial charge in [0.15, 0.2) is 0 Å². The van der Waals surface area contributed by atoms with Crippen molar-refractivity contribution in [3.8, 4) is 0 Å². The Morgan fingerprint density at radius 1 is 0.500 bits per heavy atom. The first kappa shape index (κ1) is 30.9. The summed E-state index contributed by atoms with van der Waals surface area (Å²) < 4.78 is 0. The number of rotatable bonds is 26. The van der Waals surface area contributed by atoms with E-state index < -0.39 is 5.97 Å². The van der Waals surface area contributed by atoms with Crippen molar-refractivity contribution >= 4 is 5.97 Å². The molecular formula is C30H56O2. The van der Waals surface area contributed by atoms with E-state index in [0.29, 0.717) is 6.42 Å². The maximum Gasteiger partial charge on any atom is 0.303 e. The van der Waals surface area contributed by atoms with Crippen LogP contribution in [0.4, 0.5) is 0 Å². The third kappa shape index (κ3) is 28.9. The molecule has 188 valence electrons. The highest BCUT2D eigenvalue weighted by Gasteiger charge is 1.97. The Morgan fingerprint density at radius 3 is 1.22 bits per heavy atom. The van der Waals surface area contributed by atoms with Gasteiger partial charge in [0.05, 0.1) is 0 Å². The molecule has 2 heteroatoms. The Bertz CT molecular complexity index is 425. The number of hydrogen-bond donors (Lipinski definition) is 1. The highest BCUT2D eigenvalue weighted by molar-refractivity contribution is 5.66. The smallest absolute Gasteiger partial charge is 0.303 e. The van der Waals surface area contributed by atoms with Gasteiger partial charge in [-0.2, -0.15) is 0 Å². The lowest BCUT2D eigenvalue weighted by molar-refractivity contribution is -0.137. The second-order valence-electron chi connectivity index (χ2n) is 9.59. The van der Waals surface area contributed by atoms with Gasteiger partial charge in [0, 0.05) is 6.42 Å². The first-order valence-electron chi connectivity index (χ1n) is 14.3. The van der Waals surface area contributed by atoms with Crippen LogP contribution in [0.5, 0.6) is 0 Å². The summed E-state index contributed by atoms with van der Waals surface area (Å²) >= 11 is 0. The topological polar surface area (TPSA) is 37.3 Å². The van der Waals surface area contributed by atoms with Crippen LogP contribution >= 0.6 is 0 Å². The molecular weight excluding hydrogens is 392 g/mol. The second-order valence-corrected chi connectivity index (χ2v) is 9.59. The van der Waals surface area contributed by atoms with Crippen LogP contribution in [0.3, 0.4) is 0 Å². The Labute approximate surface area is 201 Å². The van der Waals surface area contributed by atoms with E-state index in [1.807, 2.05) is 0 Å². The zero-order valence-corrected chi connectivity index (χ0v) is 21.6. The van der Waals surface area contributed by atoms with Crippen LogP contribution in [0.15, 0.2) is 24.3 Å². The zero-order valence-electron chi connectivity index (χ0n) is 21.6. The molecule has 0 aromatic rings. The van der Waals surface area contributed by atoms with E-state index in [1.165, 1.54) is 122 Å². The molecule has 0 bridgehead atoms. The molecule has 0 aliphatic rings. The Kier molecular flexibility index (Phi) is 27.1. The fourth-order valence-corrected chi connectivity index (χ4v) is 4.28. The fourth-order valence-electron chi connectivity index (χ4n) is 4.28. The molecule has 0 saturated carbocycles. The molecule has 0 rings (SSSR count). The van der Waals surface area contributed by atoms with E-state index in [2.05, 4.69) is 31.2 Å². The third-order valence-corrected chi connectivity index (χ3v) is 6.35. The minimum absolute atomic E-state index is 0.343. The molecule has 2 nitrogen and oxygen atoms in total. The van der Waals surface area contributed by atoms with Gasteiger partial charge in [-0.25, -0.2) is 0 Å². The molecule has 0 aliphatic carbocycles. The van der Waals surface area contributed by atoms with Gasteiger partial charge in [0.25, 0.3) is 0 Å². The van der Waals surface area contributed by atoms with Gasteiger partial charge >= 0.3 is 5.97 Å². The molecule has 0 heterocycles. The van der Waals surface area contributed by atoms with Crippen molar-refractivity contribution in [3.05, 3.63) is 24.3 Å². The molecule has 0 unspecified atom stereocenters. The number of aliphatic carboxylic acids is 1. The van der Waals surface area contributed by atoms with E-state index >= 15 is 0 Å². The number of allylic oxidation sites excluding steroid dienone is 4. The lowest BCUT2D eigenvalue weighted by Gasteiger charge is -2.04. The Hall–Kier alpha value is -1.05. The quantitative estimate of drug-likeness (QED) is 0.105. The van der Waals surface area contributed by atoms with Crippen LogP contribution in [-0.4, -0.2) is 11.1 Å². The molecule has 0 amide bonds. The van der Waals surface area contributed by atoms with Crippen LogP contribution < -0.4 is 0 Å². The SMILES string of the molecule is CCC=CCC=CCCCCCCCCCCCCCCCCCCCCCCC(=O)O. The number of hydrogen-bond acceptors (Lipinski definition) is 1. The first-order chi connectivity index (χ1) is 15.8. The van der Waals surface area contributed by atoms with Crippen molar-refractivity contribution in [3.63, 3.8) is 0 Å². The highest BCUT2D eigenvalue weighted by atomic mass is 16.4. The molecule has 0 saturated heterocycles. The summed E-state index contributed by atoms with van der Waals surface area (Å²) in [6.07, 6.45) is 40.1. The van der Waals surface area contributed by atoms with E-state index in [9.17, 15) is 4.79 Å². The van der Waals surface area contributed by atoms with Crippen molar-refractivity contribution < 1.29 is 9.90 Å². The van der Waals surface area contributed by atoms with Crippen LogP contribution in [0.1, 0.15) is 161 Å². The summed E-state index contributed by atoms with van der Waals surface area (Å²) in [7, 11) is 0. The van der Waals surface area contributed by atoms with Crippen molar-refractivity contribution in [1.29, 1.82) is 0 Å². The monoisotopic (exact) mass is 448 g/mol. The average Bonchev–Trinajstić information content (AvgIpc) is 2.78. The average molecular weight is 449 g/mol. The molecule has 0 aliphatic heterocycles. The van der Waals surface area contributed by atoms with Crippen LogP contribution in [0.25, 0.3) is 0 Å². The standard InChI is InChI=1S/C30H56O2/c1-2-3-4-5-6-7-8-9-10-11-12-13-14-15-16-17-18-19-20-21-22-23-24-25-26-27-28-29-30(31)32/h3-4,6-7H,2,5,8-29H2,1H3,(H,31,32). The van der Waals surface area contributed by atoms with Crippen molar-refractivity contribution in [2.45, 2.75) is 161 Å². The summed E-state index contributed by atoms with van der Waals surface area (Å²) in [6, 6.07) is 0. The van der Waals surface area contributed by atoms with Gasteiger partial charge in [-0.3, -0.25) is 4.79 Å². The molecule has 0 atom stereocenters. The van der Waals surface area contributed by atoms with Gasteiger partial charge in [-0.1, -0.05) is 147 Å². The molecule has 0 spiro atoms. The largest absolute Gasteiger partial charge is 0.481 e. The number of carboxylic acid groups (broad SMARTS) is 1. The zero-order chi connectivity index (χ0) is 23.4. The minimum atomic E-state index is -0.652. The Balaban J connectivity index is 3.06. The van der Waals surface area contributed by atoms with Crippen LogP contribution in [0.2, 0.25) is 0 Å². The van der Waals surface area contributed by atoms with Crippen LogP contribution in [-0.2, 0) is 4.79 Å². The van der Waals surface area contributed by atoms with Gasteiger partial charge in [-0.05, 0) is 32.1 Å². The number of unbranched alkanes of at least 4 members (excludes halogenated alkanes) is 20. The lowest BCUT2D eigenvalue weighted by atomic mass is 10.0. The molecule has 1 N–H and O–H groups in total. The normalized spacial score (nSPS) is 11.8. The minimum Gasteiger partial charge on any atom is -0.481 e. The van der Waals surface area contributed by atoms with E-state index in [-0.39, 0.29) is 0 Å². The predicted molar refractivity (Wildman–Crippen MR) is 142 cm³/mol. The molecule has 0 radical (unpaired) electrons. The Morgan fingerprint density at radius 2 is 0.844 bits per heavy atom. The molecule has 0 aromatic heterocycles. The number of carboxylic acids is 1. The van der Waals surface area contributed by atoms with Crippen molar-refractivity contribution in [2.75, 3.05) is 0 Å². The third-order valence-electron chi connectivity index (χ3n) is 6.35. The second kappa shape index (κ2) is 28.0. The van der Waals surface area contributed by atoms with E-state index in [1.54, 1.807) is 0 Å². The summed E-state index contributed by atoms with van der Waals surface area (Å²) in [5.41, 5.74) is 0. The molecule has 0 aromatic carbocycles. The van der Waals surface area contributed by atoms with Gasteiger partial charge in [0.1, 0.15) is 0 Å². The fraction of sp³-hybridized carbons (Fsp3) is 0.833. The van der Waals surface area contributed by atoms with Gasteiger partial charge in [0.2, 0.25) is 0 Å². The summed E-state index contributed by atoms with van der Waals surface area (Å²) in [5, 5.41) is 8.60. The first-order valence-corrected chi connectivity index (χ1v) is 14.3. The highest BCUT2D eigenvalue weighted by Crippen LogP contribution is 2.15. The molecule has 32 heavy (non-hydrogen) atoms. The predicted octanol–water partition coefficient (Wildman–Crippen LogP) is 10.6. The summed E-state index contributed by atoms with van der Waals surface area (Å²) in [5.74, 6) is -0.652.